The molecule has 1 aliphatic heterocycles. The summed E-state index contributed by atoms with van der Waals surface area (Å²) in [5, 5.41) is 4.14. The van der Waals surface area contributed by atoms with E-state index < -0.39 is 33.0 Å². The lowest BCUT2D eigenvalue weighted by Crippen LogP contribution is -2.40. The number of ether oxygens (including phenoxy) is 1. The van der Waals surface area contributed by atoms with Crippen LogP contribution >= 0.6 is 22.9 Å². The van der Waals surface area contributed by atoms with Crippen molar-refractivity contribution in [3.8, 4) is 16.5 Å². The number of sulfonamides is 1. The lowest BCUT2D eigenvalue weighted by Gasteiger charge is -2.34. The summed E-state index contributed by atoms with van der Waals surface area (Å²) in [6.07, 6.45) is -6.02. The van der Waals surface area contributed by atoms with Gasteiger partial charge in [-0.25, -0.2) is 8.42 Å². The van der Waals surface area contributed by atoms with Crippen LogP contribution in [0.2, 0.25) is 5.02 Å². The second-order valence-corrected chi connectivity index (χ2v) is 10.9. The molecule has 5 rings (SSSR count). The Kier molecular flexibility index (Phi) is 6.01. The first-order chi connectivity index (χ1) is 17.0. The van der Waals surface area contributed by atoms with Gasteiger partial charge in [0.15, 0.2) is 6.10 Å². The van der Waals surface area contributed by atoms with Crippen LogP contribution in [0.3, 0.4) is 0 Å². The van der Waals surface area contributed by atoms with Gasteiger partial charge in [-0.2, -0.15) is 18.2 Å². The van der Waals surface area contributed by atoms with E-state index in [2.05, 4.69) is 10.1 Å². The molecule has 1 aliphatic rings. The Hall–Kier alpha value is -3.42. The average molecular weight is 556 g/mol. The van der Waals surface area contributed by atoms with Crippen molar-refractivity contribution in [2.24, 2.45) is 0 Å². The first-order valence-electron chi connectivity index (χ1n) is 10.1. The van der Waals surface area contributed by atoms with E-state index in [0.717, 1.165) is 10.4 Å². The van der Waals surface area contributed by atoms with Gasteiger partial charge in [-0.3, -0.25) is 9.10 Å². The van der Waals surface area contributed by atoms with Crippen LogP contribution in [0.5, 0.6) is 5.75 Å². The van der Waals surface area contributed by atoms with E-state index >= 15 is 0 Å². The predicted octanol–water partition coefficient (Wildman–Crippen LogP) is 5.53. The summed E-state index contributed by atoms with van der Waals surface area (Å²) in [5.74, 6) is -1.95. The summed E-state index contributed by atoms with van der Waals surface area (Å²) in [6, 6.07) is 14.5. The number of benzene rings is 2. The molecule has 0 amide bonds. The summed E-state index contributed by atoms with van der Waals surface area (Å²) in [5.41, 5.74) is 0.222. The molecular formula is C22H13ClF3N3O5S2. The number of ketones is 1. The number of aromatic nitrogens is 2. The Balaban J connectivity index is 1.48. The zero-order valence-electron chi connectivity index (χ0n) is 17.8. The van der Waals surface area contributed by atoms with E-state index in [1.54, 1.807) is 18.2 Å². The standard InChI is InChI=1S/C22H13ClF3N3O5S2/c23-12-6-7-15-14(10-12)29(36(31,32)13-4-2-1-3-5-13)11-16(33-15)20-27-21(34-28-20)18-9-8-17(35-18)19(30)22(24,25)26/h1-10,16H,11H2. The minimum atomic E-state index is -5.01. The third kappa shape index (κ3) is 4.45. The van der Waals surface area contributed by atoms with Crippen molar-refractivity contribution in [2.45, 2.75) is 17.2 Å². The van der Waals surface area contributed by atoms with Gasteiger partial charge >= 0.3 is 6.18 Å². The number of hydrogen-bond acceptors (Lipinski definition) is 8. The van der Waals surface area contributed by atoms with Crippen LogP contribution in [0.4, 0.5) is 18.9 Å². The number of halogens is 4. The van der Waals surface area contributed by atoms with Gasteiger partial charge in [-0.15, -0.1) is 11.3 Å². The summed E-state index contributed by atoms with van der Waals surface area (Å²) in [4.78, 5) is 15.3. The third-order valence-electron chi connectivity index (χ3n) is 5.15. The minimum absolute atomic E-state index is 0.0315. The SMILES string of the molecule is O=C(c1ccc(-c2nc(C3CN(S(=O)(=O)c4ccccc4)c4cc(Cl)ccc4O3)no2)s1)C(F)(F)F. The number of carbonyl (C=O) groups excluding carboxylic acids is 1. The van der Waals surface area contributed by atoms with E-state index in [4.69, 9.17) is 20.9 Å². The molecule has 4 aromatic rings. The molecule has 0 saturated carbocycles. The van der Waals surface area contributed by atoms with Crippen molar-refractivity contribution in [1.29, 1.82) is 0 Å². The first-order valence-corrected chi connectivity index (χ1v) is 12.8. The van der Waals surface area contributed by atoms with E-state index in [1.807, 2.05) is 0 Å². The molecule has 2 aromatic carbocycles. The number of fused-ring (bicyclic) bond motifs is 1. The molecule has 3 heterocycles. The number of alkyl halides is 3. The molecular weight excluding hydrogens is 543 g/mol. The fourth-order valence-corrected chi connectivity index (χ4v) is 6.03. The first kappa shape index (κ1) is 24.3. The van der Waals surface area contributed by atoms with Crippen LogP contribution < -0.4 is 9.04 Å². The van der Waals surface area contributed by atoms with Gasteiger partial charge in [0, 0.05) is 5.02 Å². The Morgan fingerprint density at radius 1 is 1.11 bits per heavy atom. The maximum Gasteiger partial charge on any atom is 0.455 e. The van der Waals surface area contributed by atoms with Crippen molar-refractivity contribution in [3.63, 3.8) is 0 Å². The van der Waals surface area contributed by atoms with E-state index in [0.29, 0.717) is 16.4 Å². The highest BCUT2D eigenvalue weighted by Gasteiger charge is 2.41. The fraction of sp³-hybridized carbons (Fsp3) is 0.136. The van der Waals surface area contributed by atoms with Gasteiger partial charge in [0.2, 0.25) is 5.82 Å². The zero-order valence-corrected chi connectivity index (χ0v) is 20.2. The third-order valence-corrected chi connectivity index (χ3v) is 8.25. The largest absolute Gasteiger partial charge is 0.478 e. The minimum Gasteiger partial charge on any atom is -0.478 e. The molecule has 1 atom stereocenters. The highest BCUT2D eigenvalue weighted by atomic mass is 35.5. The molecule has 186 valence electrons. The number of thiophene rings is 1. The highest BCUT2D eigenvalue weighted by molar-refractivity contribution is 7.92. The Morgan fingerprint density at radius 2 is 1.86 bits per heavy atom. The lowest BCUT2D eigenvalue weighted by molar-refractivity contribution is -0.0882. The van der Waals surface area contributed by atoms with Crippen molar-refractivity contribution in [1.82, 2.24) is 10.1 Å². The topological polar surface area (TPSA) is 103 Å². The smallest absolute Gasteiger partial charge is 0.455 e. The summed E-state index contributed by atoms with van der Waals surface area (Å²) in [7, 11) is -4.03. The molecule has 0 radical (unpaired) electrons. The normalized spacial score (nSPS) is 15.9. The molecule has 36 heavy (non-hydrogen) atoms. The van der Waals surface area contributed by atoms with Gasteiger partial charge < -0.3 is 9.26 Å². The maximum atomic E-state index is 13.5. The molecule has 0 N–H and O–H groups in total. The van der Waals surface area contributed by atoms with Crippen LogP contribution in [0.15, 0.2) is 70.1 Å². The average Bonchev–Trinajstić information content (AvgIpc) is 3.53. The second kappa shape index (κ2) is 8.91. The van der Waals surface area contributed by atoms with Crippen LogP contribution in [0.25, 0.3) is 10.8 Å². The molecule has 0 saturated heterocycles. The zero-order chi connectivity index (χ0) is 25.7. The van der Waals surface area contributed by atoms with Gasteiger partial charge in [0.1, 0.15) is 5.75 Å². The molecule has 0 aliphatic carbocycles. The molecule has 2 aromatic heterocycles. The van der Waals surface area contributed by atoms with Crippen molar-refractivity contribution in [2.75, 3.05) is 10.8 Å². The summed E-state index contributed by atoms with van der Waals surface area (Å²) >= 11 is 6.65. The molecule has 0 fully saturated rings. The predicted molar refractivity (Wildman–Crippen MR) is 124 cm³/mol. The second-order valence-electron chi connectivity index (χ2n) is 7.52. The molecule has 14 heteroatoms. The number of nitrogens with zero attached hydrogens (tertiary/aromatic N) is 3. The van der Waals surface area contributed by atoms with Crippen LogP contribution in [-0.2, 0) is 10.0 Å². The van der Waals surface area contributed by atoms with E-state index in [9.17, 15) is 26.4 Å². The lowest BCUT2D eigenvalue weighted by atomic mass is 10.2. The summed E-state index contributed by atoms with van der Waals surface area (Å²) in [6.45, 7) is -0.230. The highest BCUT2D eigenvalue weighted by Crippen LogP contribution is 2.42. The van der Waals surface area contributed by atoms with Crippen molar-refractivity contribution >= 4 is 44.4 Å². The van der Waals surface area contributed by atoms with Crippen molar-refractivity contribution < 1.29 is 35.6 Å². The van der Waals surface area contributed by atoms with E-state index in [-0.39, 0.29) is 39.5 Å². The Labute approximate surface area is 210 Å². The van der Waals surface area contributed by atoms with Crippen LogP contribution in [0, 0.1) is 0 Å². The van der Waals surface area contributed by atoms with Gasteiger partial charge in [0.05, 0.1) is 26.9 Å². The Morgan fingerprint density at radius 3 is 2.58 bits per heavy atom. The number of anilines is 1. The molecule has 0 spiro atoms. The van der Waals surface area contributed by atoms with Gasteiger partial charge in [-0.05, 0) is 42.5 Å². The Bertz CT molecular complexity index is 1550. The number of carbonyl (C=O) groups is 1. The maximum absolute atomic E-state index is 13.5. The van der Waals surface area contributed by atoms with Crippen LogP contribution in [-0.4, -0.2) is 37.1 Å². The summed E-state index contributed by atoms with van der Waals surface area (Å²) < 4.78 is 77.3. The van der Waals surface area contributed by atoms with Crippen molar-refractivity contribution in [3.05, 3.63) is 76.4 Å². The van der Waals surface area contributed by atoms with Gasteiger partial charge in [-0.1, -0.05) is 35.0 Å². The van der Waals surface area contributed by atoms with Crippen LogP contribution in [0.1, 0.15) is 21.6 Å². The molecule has 8 nitrogen and oxygen atoms in total. The number of Topliss-reactive ketones (excluding diaryl/α,β-unsaturated/α-hetero) is 1. The quantitative estimate of drug-likeness (QED) is 0.298. The monoisotopic (exact) mass is 555 g/mol. The van der Waals surface area contributed by atoms with E-state index in [1.165, 1.54) is 36.4 Å². The molecule has 0 bridgehead atoms. The fourth-order valence-electron chi connectivity index (χ4n) is 3.49. The molecule has 1 unspecified atom stereocenters. The number of hydrogen-bond donors (Lipinski definition) is 0. The van der Waals surface area contributed by atoms with Gasteiger partial charge in [0.25, 0.3) is 21.7 Å². The number of rotatable bonds is 5.